The van der Waals surface area contributed by atoms with E-state index in [4.69, 9.17) is 9.47 Å². The summed E-state index contributed by atoms with van der Waals surface area (Å²) < 4.78 is 11.4. The Morgan fingerprint density at radius 3 is 2.70 bits per heavy atom. The van der Waals surface area contributed by atoms with Crippen LogP contribution in [-0.4, -0.2) is 29.6 Å². The molecule has 1 amide bonds. The van der Waals surface area contributed by atoms with Gasteiger partial charge in [0.05, 0.1) is 31.5 Å². The molecular weight excluding hydrogens is 378 g/mol. The molecule has 0 bridgehead atoms. The molecule has 4 rings (SSSR count). The zero-order valence-corrected chi connectivity index (χ0v) is 17.4. The lowest BCUT2D eigenvalue weighted by atomic mass is 9.93. The molecule has 0 spiro atoms. The molecule has 1 aromatic heterocycles. The van der Waals surface area contributed by atoms with Crippen molar-refractivity contribution in [3.05, 3.63) is 77.9 Å². The van der Waals surface area contributed by atoms with Crippen LogP contribution in [-0.2, 0) is 10.2 Å². The molecule has 1 heterocycles. The molecule has 0 saturated heterocycles. The molecule has 154 valence electrons. The average molecular weight is 403 g/mol. The Hall–Kier alpha value is -3.41. The summed E-state index contributed by atoms with van der Waals surface area (Å²) in [5.41, 5.74) is 2.24. The smallest absolute Gasteiger partial charge is 0.228 e. The molecule has 2 aromatic carbocycles. The van der Waals surface area contributed by atoms with E-state index in [9.17, 15) is 4.79 Å². The van der Waals surface area contributed by atoms with Crippen molar-refractivity contribution >= 4 is 11.6 Å². The van der Waals surface area contributed by atoms with Crippen molar-refractivity contribution in [2.75, 3.05) is 19.0 Å². The number of amides is 1. The first-order valence-corrected chi connectivity index (χ1v) is 9.95. The highest BCUT2D eigenvalue weighted by Gasteiger charge is 2.60. The lowest BCUT2D eigenvalue weighted by molar-refractivity contribution is -0.117. The molecule has 0 unspecified atom stereocenters. The van der Waals surface area contributed by atoms with Crippen molar-refractivity contribution in [3.63, 3.8) is 0 Å². The molecular formula is C24H25N3O3. The van der Waals surface area contributed by atoms with Crippen LogP contribution in [0, 0.1) is 19.8 Å². The third-order valence-electron chi connectivity index (χ3n) is 5.62. The van der Waals surface area contributed by atoms with Gasteiger partial charge in [-0.15, -0.1) is 0 Å². The molecule has 1 N–H and O–H groups in total. The van der Waals surface area contributed by atoms with Crippen LogP contribution in [0.3, 0.4) is 0 Å². The summed E-state index contributed by atoms with van der Waals surface area (Å²) in [4.78, 5) is 21.7. The molecule has 0 radical (unpaired) electrons. The van der Waals surface area contributed by atoms with Crippen LogP contribution in [0.1, 0.15) is 23.5 Å². The Bertz CT molecular complexity index is 1050. The number of carbonyl (C=O) groups excluding carboxylic acids is 1. The topological polar surface area (TPSA) is 73.3 Å². The molecule has 6 nitrogen and oxygen atoms in total. The highest BCUT2D eigenvalue weighted by Crippen LogP contribution is 2.55. The normalized spacial score (nSPS) is 19.8. The van der Waals surface area contributed by atoms with Gasteiger partial charge in [-0.05, 0) is 38.0 Å². The summed E-state index contributed by atoms with van der Waals surface area (Å²) >= 11 is 0. The van der Waals surface area contributed by atoms with Crippen LogP contribution in [0.15, 0.2) is 60.8 Å². The third kappa shape index (κ3) is 3.99. The number of methoxy groups -OCH3 is 1. The van der Waals surface area contributed by atoms with E-state index in [0.29, 0.717) is 23.9 Å². The van der Waals surface area contributed by atoms with Crippen LogP contribution >= 0.6 is 0 Å². The number of ether oxygens (including phenoxy) is 2. The van der Waals surface area contributed by atoms with Crippen LogP contribution < -0.4 is 14.8 Å². The summed E-state index contributed by atoms with van der Waals surface area (Å²) in [6, 6.07) is 17.4. The SMILES string of the molecule is COc1cccc(NC(=O)[C@@H]2C[C@@]2(COc2cnc(C)nc2C)c2ccccc2)c1. The van der Waals surface area contributed by atoms with Crippen LogP contribution in [0.25, 0.3) is 0 Å². The predicted octanol–water partition coefficient (Wildman–Crippen LogP) is 4.08. The van der Waals surface area contributed by atoms with Crippen molar-refractivity contribution in [2.24, 2.45) is 5.92 Å². The first-order valence-electron chi connectivity index (χ1n) is 9.95. The fraction of sp³-hybridized carbons (Fsp3) is 0.292. The van der Waals surface area contributed by atoms with Gasteiger partial charge in [-0.3, -0.25) is 4.79 Å². The first kappa shape index (κ1) is 19.9. The molecule has 30 heavy (non-hydrogen) atoms. The van der Waals surface area contributed by atoms with Crippen LogP contribution in [0.4, 0.5) is 5.69 Å². The number of aryl methyl sites for hydroxylation is 2. The van der Waals surface area contributed by atoms with E-state index in [2.05, 4.69) is 27.4 Å². The monoisotopic (exact) mass is 403 g/mol. The lowest BCUT2D eigenvalue weighted by Gasteiger charge is -2.19. The van der Waals surface area contributed by atoms with Gasteiger partial charge in [0.1, 0.15) is 11.6 Å². The summed E-state index contributed by atoms with van der Waals surface area (Å²) in [5, 5.41) is 3.02. The van der Waals surface area contributed by atoms with Crippen molar-refractivity contribution in [1.29, 1.82) is 0 Å². The maximum absolute atomic E-state index is 13.1. The molecule has 2 atom stereocenters. The Morgan fingerprint density at radius 1 is 1.17 bits per heavy atom. The van der Waals surface area contributed by atoms with Gasteiger partial charge in [-0.1, -0.05) is 36.4 Å². The Balaban J connectivity index is 1.53. The summed E-state index contributed by atoms with van der Waals surface area (Å²) in [6.45, 7) is 4.14. The molecule has 0 aliphatic heterocycles. The predicted molar refractivity (Wildman–Crippen MR) is 115 cm³/mol. The van der Waals surface area contributed by atoms with Gasteiger partial charge in [0.2, 0.25) is 5.91 Å². The number of nitrogens with zero attached hydrogens (tertiary/aromatic N) is 2. The van der Waals surface area contributed by atoms with Crippen molar-refractivity contribution in [2.45, 2.75) is 25.7 Å². The largest absolute Gasteiger partial charge is 0.497 e. The lowest BCUT2D eigenvalue weighted by Crippen LogP contribution is -2.26. The Kier molecular flexibility index (Phi) is 5.40. The van der Waals surface area contributed by atoms with Crippen molar-refractivity contribution in [3.8, 4) is 11.5 Å². The minimum atomic E-state index is -0.373. The highest BCUT2D eigenvalue weighted by molar-refractivity contribution is 5.96. The van der Waals surface area contributed by atoms with Gasteiger partial charge in [0.25, 0.3) is 0 Å². The van der Waals surface area contributed by atoms with E-state index in [0.717, 1.165) is 23.4 Å². The van der Waals surface area contributed by atoms with Gasteiger partial charge < -0.3 is 14.8 Å². The maximum Gasteiger partial charge on any atom is 0.228 e. The third-order valence-corrected chi connectivity index (χ3v) is 5.62. The van der Waals surface area contributed by atoms with E-state index < -0.39 is 0 Å². The molecule has 1 fully saturated rings. The second kappa shape index (κ2) is 8.14. The molecule has 1 aliphatic carbocycles. The number of hydrogen-bond donors (Lipinski definition) is 1. The summed E-state index contributed by atoms with van der Waals surface area (Å²) in [5.74, 6) is 1.86. The quantitative estimate of drug-likeness (QED) is 0.644. The number of benzene rings is 2. The second-order valence-electron chi connectivity index (χ2n) is 7.66. The number of nitrogens with one attached hydrogen (secondary N) is 1. The Labute approximate surface area is 176 Å². The average Bonchev–Trinajstić information content (AvgIpc) is 3.50. The summed E-state index contributed by atoms with van der Waals surface area (Å²) in [7, 11) is 1.61. The fourth-order valence-electron chi connectivity index (χ4n) is 3.83. The van der Waals surface area contributed by atoms with E-state index in [1.54, 1.807) is 13.3 Å². The van der Waals surface area contributed by atoms with E-state index >= 15 is 0 Å². The minimum Gasteiger partial charge on any atom is -0.497 e. The van der Waals surface area contributed by atoms with Gasteiger partial charge in [-0.25, -0.2) is 9.97 Å². The van der Waals surface area contributed by atoms with Gasteiger partial charge in [0, 0.05) is 17.2 Å². The van der Waals surface area contributed by atoms with Gasteiger partial charge in [-0.2, -0.15) is 0 Å². The zero-order chi connectivity index (χ0) is 21.1. The van der Waals surface area contributed by atoms with E-state index in [1.165, 1.54) is 0 Å². The number of rotatable bonds is 7. The molecule has 1 aliphatic rings. The number of anilines is 1. The number of hydrogen-bond acceptors (Lipinski definition) is 5. The number of aromatic nitrogens is 2. The highest BCUT2D eigenvalue weighted by atomic mass is 16.5. The van der Waals surface area contributed by atoms with E-state index in [-0.39, 0.29) is 17.2 Å². The maximum atomic E-state index is 13.1. The molecule has 1 saturated carbocycles. The van der Waals surface area contributed by atoms with Crippen molar-refractivity contribution in [1.82, 2.24) is 9.97 Å². The second-order valence-corrected chi connectivity index (χ2v) is 7.66. The standard InChI is InChI=1S/C24H25N3O3/c1-16-22(14-25-17(2)26-16)30-15-24(18-8-5-4-6-9-18)13-21(24)23(28)27-19-10-7-11-20(12-19)29-3/h4-12,14,21H,13,15H2,1-3H3,(H,27,28)/t21-,24+/m0/s1. The number of carbonyl (C=O) groups is 1. The van der Waals surface area contributed by atoms with Gasteiger partial charge >= 0.3 is 0 Å². The molecule has 3 aromatic rings. The zero-order valence-electron chi connectivity index (χ0n) is 17.4. The van der Waals surface area contributed by atoms with E-state index in [1.807, 2.05) is 56.3 Å². The first-order chi connectivity index (χ1) is 14.5. The molecule has 6 heteroatoms. The summed E-state index contributed by atoms with van der Waals surface area (Å²) in [6.07, 6.45) is 2.42. The fourth-order valence-corrected chi connectivity index (χ4v) is 3.83. The van der Waals surface area contributed by atoms with Crippen molar-refractivity contribution < 1.29 is 14.3 Å². The minimum absolute atomic E-state index is 0.0208. The van der Waals surface area contributed by atoms with Crippen LogP contribution in [0.5, 0.6) is 11.5 Å². The van der Waals surface area contributed by atoms with Gasteiger partial charge in [0.15, 0.2) is 5.75 Å². The Morgan fingerprint density at radius 2 is 1.97 bits per heavy atom. The van der Waals surface area contributed by atoms with Crippen LogP contribution in [0.2, 0.25) is 0 Å².